The van der Waals surface area contributed by atoms with E-state index < -0.39 is 6.04 Å². The summed E-state index contributed by atoms with van der Waals surface area (Å²) in [6.07, 6.45) is 0. The molecule has 2 amide bonds. The quantitative estimate of drug-likeness (QED) is 0.480. The van der Waals surface area contributed by atoms with Crippen LogP contribution in [0.5, 0.6) is 0 Å². The largest absolute Gasteiger partial charge is 0.383 e. The number of halogens is 1. The number of aromatic nitrogens is 2. The smallest absolute Gasteiger partial charge is 0.273 e. The molecule has 8 nitrogen and oxygen atoms in total. The summed E-state index contributed by atoms with van der Waals surface area (Å²) in [5.41, 5.74) is 1.06. The van der Waals surface area contributed by atoms with Gasteiger partial charge in [-0.1, -0.05) is 18.2 Å². The first-order valence-corrected chi connectivity index (χ1v) is 7.85. The average molecular weight is 370 g/mol. The molecule has 1 unspecified atom stereocenters. The van der Waals surface area contributed by atoms with Crippen molar-refractivity contribution in [3.8, 4) is 0 Å². The Kier molecular flexibility index (Phi) is 8.90. The highest BCUT2D eigenvalue weighted by Gasteiger charge is 2.19. The summed E-state index contributed by atoms with van der Waals surface area (Å²) in [5.74, 6) is -0.620. The second-order valence-corrected chi connectivity index (χ2v) is 5.35. The van der Waals surface area contributed by atoms with E-state index in [9.17, 15) is 9.59 Å². The molecule has 2 aromatic rings. The summed E-state index contributed by atoms with van der Waals surface area (Å²) in [7, 11) is 1.64. The summed E-state index contributed by atoms with van der Waals surface area (Å²) >= 11 is 0. The number of aromatic amines is 1. The van der Waals surface area contributed by atoms with Gasteiger partial charge in [-0.25, -0.2) is 0 Å². The maximum absolute atomic E-state index is 12.3. The molecule has 25 heavy (non-hydrogen) atoms. The van der Waals surface area contributed by atoms with Crippen LogP contribution in [0, 0.1) is 0 Å². The molecule has 0 saturated heterocycles. The predicted octanol–water partition coefficient (Wildman–Crippen LogP) is 0.455. The van der Waals surface area contributed by atoms with Gasteiger partial charge in [0.25, 0.3) is 5.91 Å². The molecule has 9 heteroatoms. The average Bonchev–Trinajstić information content (AvgIpc) is 3.01. The fourth-order valence-electron chi connectivity index (χ4n) is 2.19. The minimum Gasteiger partial charge on any atom is -0.383 e. The predicted molar refractivity (Wildman–Crippen MR) is 98.0 cm³/mol. The van der Waals surface area contributed by atoms with E-state index in [2.05, 4.69) is 26.1 Å². The number of carbonyl (C=O) groups excluding carboxylic acids is 2. The third-order valence-corrected chi connectivity index (χ3v) is 3.51. The number of ether oxygens (including phenoxy) is 1. The normalized spacial score (nSPS) is 11.6. The van der Waals surface area contributed by atoms with E-state index in [-0.39, 0.29) is 29.9 Å². The lowest BCUT2D eigenvalue weighted by Crippen LogP contribution is -2.46. The number of H-pyrrole nitrogens is 1. The van der Waals surface area contributed by atoms with Gasteiger partial charge in [0, 0.05) is 32.1 Å². The molecule has 0 aliphatic rings. The molecule has 1 atom stereocenters. The molecule has 0 bridgehead atoms. The molecule has 0 saturated carbocycles. The summed E-state index contributed by atoms with van der Waals surface area (Å²) < 4.78 is 4.91. The highest BCUT2D eigenvalue weighted by atomic mass is 35.5. The Morgan fingerprint density at radius 3 is 2.76 bits per heavy atom. The van der Waals surface area contributed by atoms with Crippen molar-refractivity contribution >= 4 is 35.1 Å². The van der Waals surface area contributed by atoms with Crippen LogP contribution in [0.2, 0.25) is 0 Å². The van der Waals surface area contributed by atoms with Crippen LogP contribution in [-0.4, -0.2) is 61.4 Å². The molecule has 0 fully saturated rings. The van der Waals surface area contributed by atoms with Crippen molar-refractivity contribution in [1.82, 2.24) is 26.1 Å². The number of hydrogen-bond acceptors (Lipinski definition) is 5. The fraction of sp³-hybridized carbons (Fsp3) is 0.438. The van der Waals surface area contributed by atoms with Gasteiger partial charge in [0.1, 0.15) is 6.04 Å². The number of benzene rings is 1. The molecule has 0 aliphatic carbocycles. The van der Waals surface area contributed by atoms with Crippen molar-refractivity contribution in [2.45, 2.75) is 13.0 Å². The topological polar surface area (TPSA) is 108 Å². The Morgan fingerprint density at radius 1 is 1.24 bits per heavy atom. The molecular weight excluding hydrogens is 346 g/mol. The molecule has 1 aromatic heterocycles. The van der Waals surface area contributed by atoms with Crippen molar-refractivity contribution < 1.29 is 14.3 Å². The molecule has 138 valence electrons. The Balaban J connectivity index is 0.00000312. The Bertz CT molecular complexity index is 691. The third-order valence-electron chi connectivity index (χ3n) is 3.51. The minimum absolute atomic E-state index is 0. The van der Waals surface area contributed by atoms with Crippen LogP contribution in [0.3, 0.4) is 0 Å². The Labute approximate surface area is 152 Å². The molecule has 1 heterocycles. The van der Waals surface area contributed by atoms with Crippen LogP contribution < -0.4 is 16.0 Å². The van der Waals surface area contributed by atoms with Crippen LogP contribution >= 0.6 is 12.4 Å². The van der Waals surface area contributed by atoms with E-state index in [1.165, 1.54) is 0 Å². The van der Waals surface area contributed by atoms with Crippen molar-refractivity contribution in [3.63, 3.8) is 0 Å². The van der Waals surface area contributed by atoms with Gasteiger partial charge >= 0.3 is 0 Å². The maximum Gasteiger partial charge on any atom is 0.273 e. The number of nitrogens with zero attached hydrogens (tertiary/aromatic N) is 1. The zero-order valence-electron chi connectivity index (χ0n) is 14.3. The zero-order chi connectivity index (χ0) is 17.4. The van der Waals surface area contributed by atoms with Crippen LogP contribution in [0.15, 0.2) is 24.3 Å². The van der Waals surface area contributed by atoms with Gasteiger partial charge in [0.15, 0.2) is 5.69 Å². The molecule has 1 aromatic carbocycles. The molecule has 4 N–H and O–H groups in total. The van der Waals surface area contributed by atoms with E-state index >= 15 is 0 Å². The van der Waals surface area contributed by atoms with E-state index in [0.29, 0.717) is 19.7 Å². The number of nitrogens with one attached hydrogen (secondary N) is 4. The monoisotopic (exact) mass is 369 g/mol. The molecule has 0 aliphatic heterocycles. The summed E-state index contributed by atoms with van der Waals surface area (Å²) in [5, 5.41) is 16.1. The number of amides is 2. The van der Waals surface area contributed by atoms with E-state index in [0.717, 1.165) is 17.4 Å². The van der Waals surface area contributed by atoms with Crippen LogP contribution in [-0.2, 0) is 9.53 Å². The third kappa shape index (κ3) is 6.00. The van der Waals surface area contributed by atoms with Crippen LogP contribution in [0.25, 0.3) is 10.9 Å². The number of carbonyl (C=O) groups is 2. The molecular formula is C16H24ClN5O3. The van der Waals surface area contributed by atoms with Crippen molar-refractivity contribution in [3.05, 3.63) is 30.0 Å². The highest BCUT2D eigenvalue weighted by Crippen LogP contribution is 2.14. The standard InChI is InChI=1S/C16H23N5O3.ClH/c1-11(15(22)18-8-7-17-9-10-24-2)19-16(23)14-12-5-3-4-6-13(12)20-21-14;/h3-6,11,17H,7-10H2,1-2H3,(H,18,22)(H,19,23)(H,20,21);1H. The van der Waals surface area contributed by atoms with E-state index in [1.54, 1.807) is 14.0 Å². The second-order valence-electron chi connectivity index (χ2n) is 5.35. The molecule has 0 radical (unpaired) electrons. The first-order chi connectivity index (χ1) is 11.6. The summed E-state index contributed by atoms with van der Waals surface area (Å²) in [4.78, 5) is 24.3. The van der Waals surface area contributed by atoms with Gasteiger partial charge in [-0.3, -0.25) is 14.7 Å². The van der Waals surface area contributed by atoms with Crippen LogP contribution in [0.1, 0.15) is 17.4 Å². The SMILES string of the molecule is COCCNCCNC(=O)C(C)NC(=O)c1n[nH]c2ccccc12.Cl. The molecule has 0 spiro atoms. The highest BCUT2D eigenvalue weighted by molar-refractivity contribution is 6.05. The number of methoxy groups -OCH3 is 1. The lowest BCUT2D eigenvalue weighted by Gasteiger charge is -2.13. The van der Waals surface area contributed by atoms with Crippen molar-refractivity contribution in [1.29, 1.82) is 0 Å². The van der Waals surface area contributed by atoms with Crippen molar-refractivity contribution in [2.75, 3.05) is 33.4 Å². The fourth-order valence-corrected chi connectivity index (χ4v) is 2.19. The molecule has 2 rings (SSSR count). The van der Waals surface area contributed by atoms with Crippen molar-refractivity contribution in [2.24, 2.45) is 0 Å². The summed E-state index contributed by atoms with van der Waals surface area (Å²) in [6, 6.07) is 6.70. The number of hydrogen-bond donors (Lipinski definition) is 4. The second kappa shape index (κ2) is 10.7. The summed E-state index contributed by atoms with van der Waals surface area (Å²) in [6.45, 7) is 4.11. The van der Waals surface area contributed by atoms with Gasteiger partial charge < -0.3 is 20.7 Å². The lowest BCUT2D eigenvalue weighted by atomic mass is 10.2. The van der Waals surface area contributed by atoms with E-state index in [1.807, 2.05) is 24.3 Å². The number of para-hydroxylation sites is 1. The minimum atomic E-state index is -0.646. The zero-order valence-corrected chi connectivity index (χ0v) is 15.1. The maximum atomic E-state index is 12.3. The van der Waals surface area contributed by atoms with Gasteiger partial charge in [0.2, 0.25) is 5.91 Å². The number of fused-ring (bicyclic) bond motifs is 1. The lowest BCUT2D eigenvalue weighted by molar-refractivity contribution is -0.122. The van der Waals surface area contributed by atoms with Crippen LogP contribution in [0.4, 0.5) is 0 Å². The van der Waals surface area contributed by atoms with Gasteiger partial charge in [-0.2, -0.15) is 5.10 Å². The Hall–Kier alpha value is -2.16. The van der Waals surface area contributed by atoms with Gasteiger partial charge in [-0.05, 0) is 13.0 Å². The van der Waals surface area contributed by atoms with Gasteiger partial charge in [-0.15, -0.1) is 12.4 Å². The first kappa shape index (κ1) is 20.9. The first-order valence-electron chi connectivity index (χ1n) is 7.85. The van der Waals surface area contributed by atoms with Gasteiger partial charge in [0.05, 0.1) is 12.1 Å². The number of rotatable bonds is 9. The van der Waals surface area contributed by atoms with E-state index in [4.69, 9.17) is 4.74 Å². The Morgan fingerprint density at radius 2 is 2.00 bits per heavy atom.